The van der Waals surface area contributed by atoms with E-state index in [0.29, 0.717) is 13.2 Å². The minimum absolute atomic E-state index is 0.173. The van der Waals surface area contributed by atoms with Gasteiger partial charge in [0.05, 0.1) is 13.0 Å². The van der Waals surface area contributed by atoms with Crippen LogP contribution in [-0.4, -0.2) is 48.7 Å². The monoisotopic (exact) mass is 217 g/mol. The third kappa shape index (κ3) is 6.90. The van der Waals surface area contributed by atoms with Crippen molar-refractivity contribution >= 4 is 11.9 Å². The van der Waals surface area contributed by atoms with Crippen molar-refractivity contribution in [3.8, 4) is 0 Å². The molecule has 1 amide bonds. The Morgan fingerprint density at radius 1 is 1.40 bits per heavy atom. The highest BCUT2D eigenvalue weighted by atomic mass is 16.5. The van der Waals surface area contributed by atoms with E-state index in [1.165, 1.54) is 12.0 Å². The van der Waals surface area contributed by atoms with Crippen LogP contribution in [0.1, 0.15) is 20.3 Å². The first kappa shape index (κ1) is 13.9. The number of carboxylic acid groups (broad SMARTS) is 1. The summed E-state index contributed by atoms with van der Waals surface area (Å²) < 4.78 is 4.78. The first-order valence-electron chi connectivity index (χ1n) is 4.95. The van der Waals surface area contributed by atoms with Gasteiger partial charge in [0.15, 0.2) is 0 Å². The van der Waals surface area contributed by atoms with E-state index in [1.807, 2.05) is 13.8 Å². The highest BCUT2D eigenvalue weighted by Gasteiger charge is 2.17. The molecule has 88 valence electrons. The summed E-state index contributed by atoms with van der Waals surface area (Å²) in [6, 6.07) is 0. The predicted molar refractivity (Wildman–Crippen MR) is 55.5 cm³/mol. The zero-order valence-electron chi connectivity index (χ0n) is 9.52. The second-order valence-electron chi connectivity index (χ2n) is 3.80. The van der Waals surface area contributed by atoms with E-state index in [1.54, 1.807) is 0 Å². The number of carbonyl (C=O) groups excluding carboxylic acids is 1. The normalized spacial score (nSPS) is 10.4. The van der Waals surface area contributed by atoms with Crippen LogP contribution in [0.4, 0.5) is 0 Å². The van der Waals surface area contributed by atoms with Crippen LogP contribution in [0.2, 0.25) is 0 Å². The zero-order chi connectivity index (χ0) is 11.8. The van der Waals surface area contributed by atoms with Gasteiger partial charge in [-0.25, -0.2) is 0 Å². The Bertz CT molecular complexity index is 215. The van der Waals surface area contributed by atoms with Crippen LogP contribution in [0.25, 0.3) is 0 Å². The molecule has 0 aromatic heterocycles. The molecule has 5 heteroatoms. The number of carboxylic acids is 1. The molecule has 0 spiro atoms. The standard InChI is InChI=1S/C10H19NO4/c1-8(2)6-11(7-10(13)14)9(12)4-5-15-3/h8H,4-7H2,1-3H3,(H,13,14). The van der Waals surface area contributed by atoms with E-state index in [4.69, 9.17) is 9.84 Å². The number of methoxy groups -OCH3 is 1. The minimum Gasteiger partial charge on any atom is -0.480 e. The minimum atomic E-state index is -0.985. The quantitative estimate of drug-likeness (QED) is 0.678. The number of ether oxygens (including phenoxy) is 1. The van der Waals surface area contributed by atoms with Gasteiger partial charge in [-0.3, -0.25) is 9.59 Å². The maximum absolute atomic E-state index is 11.6. The zero-order valence-corrected chi connectivity index (χ0v) is 9.52. The molecule has 1 N–H and O–H groups in total. The van der Waals surface area contributed by atoms with Crippen LogP contribution in [0, 0.1) is 5.92 Å². The molecule has 0 aliphatic rings. The average molecular weight is 217 g/mol. The topological polar surface area (TPSA) is 66.8 Å². The largest absolute Gasteiger partial charge is 0.480 e. The number of amides is 1. The molecule has 0 aliphatic carbocycles. The lowest BCUT2D eigenvalue weighted by molar-refractivity contribution is -0.145. The van der Waals surface area contributed by atoms with Crippen molar-refractivity contribution in [2.75, 3.05) is 26.8 Å². The fourth-order valence-electron chi connectivity index (χ4n) is 1.21. The molecule has 0 bridgehead atoms. The van der Waals surface area contributed by atoms with E-state index in [2.05, 4.69) is 0 Å². The smallest absolute Gasteiger partial charge is 0.323 e. The highest BCUT2D eigenvalue weighted by Crippen LogP contribution is 2.01. The van der Waals surface area contributed by atoms with Crippen LogP contribution >= 0.6 is 0 Å². The SMILES string of the molecule is COCCC(=O)N(CC(=O)O)CC(C)C. The molecule has 0 fully saturated rings. The summed E-state index contributed by atoms with van der Waals surface area (Å²) in [6.45, 7) is 4.44. The number of aliphatic carboxylic acids is 1. The highest BCUT2D eigenvalue weighted by molar-refractivity contribution is 5.81. The molecule has 0 aromatic rings. The molecular weight excluding hydrogens is 198 g/mol. The number of nitrogens with zero attached hydrogens (tertiary/aromatic N) is 1. The number of hydrogen-bond donors (Lipinski definition) is 1. The summed E-state index contributed by atoms with van der Waals surface area (Å²) in [5.41, 5.74) is 0. The van der Waals surface area contributed by atoms with Gasteiger partial charge in [-0.2, -0.15) is 0 Å². The lowest BCUT2D eigenvalue weighted by Crippen LogP contribution is -2.38. The summed E-state index contributed by atoms with van der Waals surface area (Å²) in [6.07, 6.45) is 0.233. The Hall–Kier alpha value is -1.10. The van der Waals surface area contributed by atoms with Gasteiger partial charge in [-0.15, -0.1) is 0 Å². The predicted octanol–water partition coefficient (Wildman–Crippen LogP) is 0.592. The molecule has 0 rings (SSSR count). The van der Waals surface area contributed by atoms with Crippen LogP contribution in [0.5, 0.6) is 0 Å². The van der Waals surface area contributed by atoms with Gasteiger partial charge in [0, 0.05) is 13.7 Å². The molecule has 0 unspecified atom stereocenters. The van der Waals surface area contributed by atoms with Gasteiger partial charge < -0.3 is 14.7 Å². The van der Waals surface area contributed by atoms with E-state index in [9.17, 15) is 9.59 Å². The van der Waals surface area contributed by atoms with E-state index in [0.717, 1.165) is 0 Å². The molecule has 0 radical (unpaired) electrons. The number of rotatable bonds is 7. The summed E-state index contributed by atoms with van der Waals surface area (Å²) in [7, 11) is 1.51. The summed E-state index contributed by atoms with van der Waals surface area (Å²) in [5.74, 6) is -0.898. The van der Waals surface area contributed by atoms with Gasteiger partial charge in [-0.05, 0) is 5.92 Å². The van der Waals surface area contributed by atoms with Crippen LogP contribution in [0.3, 0.4) is 0 Å². The van der Waals surface area contributed by atoms with E-state index >= 15 is 0 Å². The molecule has 0 aromatic carbocycles. The van der Waals surface area contributed by atoms with E-state index < -0.39 is 5.97 Å². The molecule has 0 aliphatic heterocycles. The first-order chi connectivity index (χ1) is 6.97. The third-order valence-electron chi connectivity index (χ3n) is 1.78. The maximum atomic E-state index is 11.6. The Labute approximate surface area is 90.0 Å². The van der Waals surface area contributed by atoms with Crippen molar-refractivity contribution in [1.82, 2.24) is 4.90 Å². The van der Waals surface area contributed by atoms with Crippen molar-refractivity contribution in [1.29, 1.82) is 0 Å². The third-order valence-corrected chi connectivity index (χ3v) is 1.78. The van der Waals surface area contributed by atoms with Crippen LogP contribution in [-0.2, 0) is 14.3 Å². The Kier molecular flexibility index (Phi) is 6.70. The lowest BCUT2D eigenvalue weighted by Gasteiger charge is -2.22. The van der Waals surface area contributed by atoms with Crippen molar-refractivity contribution in [2.45, 2.75) is 20.3 Å². The van der Waals surface area contributed by atoms with Gasteiger partial charge >= 0.3 is 5.97 Å². The molecule has 0 saturated carbocycles. The van der Waals surface area contributed by atoms with E-state index in [-0.39, 0.29) is 24.8 Å². The lowest BCUT2D eigenvalue weighted by atomic mass is 10.2. The van der Waals surface area contributed by atoms with Crippen molar-refractivity contribution < 1.29 is 19.4 Å². The second kappa shape index (κ2) is 7.23. The summed E-state index contributed by atoms with van der Waals surface area (Å²) in [5, 5.41) is 8.65. The van der Waals surface area contributed by atoms with Crippen LogP contribution < -0.4 is 0 Å². The molecule has 5 nitrogen and oxygen atoms in total. The molecule has 15 heavy (non-hydrogen) atoms. The Balaban J connectivity index is 4.20. The Morgan fingerprint density at radius 3 is 2.40 bits per heavy atom. The molecule has 0 atom stereocenters. The molecule has 0 saturated heterocycles. The fourth-order valence-corrected chi connectivity index (χ4v) is 1.21. The Morgan fingerprint density at radius 2 is 2.00 bits per heavy atom. The van der Waals surface area contributed by atoms with Gasteiger partial charge in [0.25, 0.3) is 0 Å². The maximum Gasteiger partial charge on any atom is 0.323 e. The van der Waals surface area contributed by atoms with Crippen molar-refractivity contribution in [3.05, 3.63) is 0 Å². The number of hydrogen-bond acceptors (Lipinski definition) is 3. The van der Waals surface area contributed by atoms with Gasteiger partial charge in [0.2, 0.25) is 5.91 Å². The second-order valence-corrected chi connectivity index (χ2v) is 3.80. The van der Waals surface area contributed by atoms with Crippen LogP contribution in [0.15, 0.2) is 0 Å². The van der Waals surface area contributed by atoms with Crippen molar-refractivity contribution in [3.63, 3.8) is 0 Å². The summed E-state index contributed by atoms with van der Waals surface area (Å²) in [4.78, 5) is 23.5. The average Bonchev–Trinajstić information content (AvgIpc) is 2.11. The van der Waals surface area contributed by atoms with Gasteiger partial charge in [0.1, 0.15) is 6.54 Å². The summed E-state index contributed by atoms with van der Waals surface area (Å²) >= 11 is 0. The number of carbonyl (C=O) groups is 2. The molecule has 0 heterocycles. The first-order valence-corrected chi connectivity index (χ1v) is 4.95. The van der Waals surface area contributed by atoms with Gasteiger partial charge in [-0.1, -0.05) is 13.8 Å². The fraction of sp³-hybridized carbons (Fsp3) is 0.800. The van der Waals surface area contributed by atoms with Crippen molar-refractivity contribution in [2.24, 2.45) is 5.92 Å². The molecular formula is C10H19NO4.